The Morgan fingerprint density at radius 1 is 1.22 bits per heavy atom. The largest absolute Gasteiger partial charge is 0.323 e. The topological polar surface area (TPSA) is 82.5 Å². The Kier molecular flexibility index (Phi) is 3.99. The quantitative estimate of drug-likeness (QED) is 0.849. The van der Waals surface area contributed by atoms with Gasteiger partial charge in [-0.2, -0.15) is 5.10 Å². The lowest BCUT2D eigenvalue weighted by Crippen LogP contribution is -2.18. The molecule has 2 aromatic heterocycles. The van der Waals surface area contributed by atoms with Crippen LogP contribution in [0.2, 0.25) is 0 Å². The van der Waals surface area contributed by atoms with E-state index in [2.05, 4.69) is 33.9 Å². The van der Waals surface area contributed by atoms with Crippen molar-refractivity contribution < 1.29 is 0 Å². The summed E-state index contributed by atoms with van der Waals surface area (Å²) in [6.45, 7) is 5.15. The number of nitrogens with two attached hydrogens (primary N) is 1. The van der Waals surface area contributed by atoms with Gasteiger partial charge < -0.3 is 5.73 Å². The maximum absolute atomic E-state index is 6.12. The van der Waals surface area contributed by atoms with Crippen LogP contribution < -0.4 is 5.73 Å². The van der Waals surface area contributed by atoms with Crippen molar-refractivity contribution >= 4 is 0 Å². The van der Waals surface area contributed by atoms with Crippen LogP contribution in [0, 0.1) is 5.92 Å². The highest BCUT2D eigenvalue weighted by molar-refractivity contribution is 5.10. The van der Waals surface area contributed by atoms with E-state index >= 15 is 0 Å². The Labute approximate surface area is 106 Å². The normalized spacial score (nSPS) is 12.9. The van der Waals surface area contributed by atoms with Crippen molar-refractivity contribution in [3.63, 3.8) is 0 Å². The molecular formula is C12H18N6. The summed E-state index contributed by atoms with van der Waals surface area (Å²) in [6.07, 6.45) is 7.19. The molecule has 96 valence electrons. The maximum Gasteiger partial charge on any atom is 0.138 e. The Balaban J connectivity index is 2.08. The van der Waals surface area contributed by atoms with E-state index in [9.17, 15) is 0 Å². The van der Waals surface area contributed by atoms with E-state index in [0.29, 0.717) is 12.3 Å². The third-order valence-corrected chi connectivity index (χ3v) is 2.64. The van der Waals surface area contributed by atoms with Crippen LogP contribution in [-0.2, 0) is 13.0 Å². The minimum absolute atomic E-state index is 0.152. The van der Waals surface area contributed by atoms with Gasteiger partial charge in [-0.1, -0.05) is 13.8 Å². The van der Waals surface area contributed by atoms with Gasteiger partial charge in [0.1, 0.15) is 18.5 Å². The first-order chi connectivity index (χ1) is 8.66. The highest BCUT2D eigenvalue weighted by atomic mass is 15.3. The summed E-state index contributed by atoms with van der Waals surface area (Å²) in [4.78, 5) is 12.2. The number of hydrogen-bond acceptors (Lipinski definition) is 5. The van der Waals surface area contributed by atoms with E-state index in [1.165, 1.54) is 6.33 Å². The molecule has 0 spiro atoms. The number of hydrogen-bond donors (Lipinski definition) is 1. The minimum Gasteiger partial charge on any atom is -0.323 e. The van der Waals surface area contributed by atoms with Crippen molar-refractivity contribution in [1.29, 1.82) is 0 Å². The van der Waals surface area contributed by atoms with Crippen LogP contribution >= 0.6 is 0 Å². The highest BCUT2D eigenvalue weighted by Crippen LogP contribution is 2.13. The molecule has 6 nitrogen and oxygen atoms in total. The zero-order chi connectivity index (χ0) is 13.0. The van der Waals surface area contributed by atoms with Crippen molar-refractivity contribution in [2.24, 2.45) is 11.7 Å². The molecule has 0 radical (unpaired) electrons. The van der Waals surface area contributed by atoms with Gasteiger partial charge in [0.2, 0.25) is 0 Å². The van der Waals surface area contributed by atoms with Crippen LogP contribution in [0.5, 0.6) is 0 Å². The van der Waals surface area contributed by atoms with E-state index in [1.54, 1.807) is 18.7 Å². The summed E-state index contributed by atoms with van der Waals surface area (Å²) in [6, 6.07) is -0.152. The number of aromatic nitrogens is 5. The predicted octanol–water partition coefficient (Wildman–Crippen LogP) is 0.967. The van der Waals surface area contributed by atoms with Crippen LogP contribution in [0.15, 0.2) is 25.0 Å². The molecule has 0 aliphatic rings. The second-order valence-electron chi connectivity index (χ2n) is 4.73. The molecule has 2 N–H and O–H groups in total. The number of nitrogens with zero attached hydrogens (tertiary/aromatic N) is 5. The van der Waals surface area contributed by atoms with Gasteiger partial charge in [-0.15, -0.1) is 0 Å². The van der Waals surface area contributed by atoms with E-state index in [4.69, 9.17) is 5.73 Å². The molecule has 6 heteroatoms. The van der Waals surface area contributed by atoms with Gasteiger partial charge in [-0.3, -0.25) is 0 Å². The summed E-state index contributed by atoms with van der Waals surface area (Å²) >= 11 is 0. The fourth-order valence-electron chi connectivity index (χ4n) is 1.76. The van der Waals surface area contributed by atoms with Crippen LogP contribution in [0.1, 0.15) is 31.3 Å². The zero-order valence-corrected chi connectivity index (χ0v) is 10.7. The third kappa shape index (κ3) is 3.10. The van der Waals surface area contributed by atoms with Crippen LogP contribution in [0.4, 0.5) is 0 Å². The Morgan fingerprint density at radius 2 is 1.94 bits per heavy atom. The molecule has 2 heterocycles. The molecule has 0 bridgehead atoms. The second kappa shape index (κ2) is 5.68. The molecule has 2 rings (SSSR count). The van der Waals surface area contributed by atoms with Crippen LogP contribution in [0.3, 0.4) is 0 Å². The van der Waals surface area contributed by atoms with Gasteiger partial charge in [-0.25, -0.2) is 19.6 Å². The smallest absolute Gasteiger partial charge is 0.138 e. The summed E-state index contributed by atoms with van der Waals surface area (Å²) in [5, 5.41) is 4.22. The summed E-state index contributed by atoms with van der Waals surface area (Å²) in [5.74, 6) is 1.43. The minimum atomic E-state index is -0.152. The standard InChI is InChI=1S/C12H18N6/c1-9(2)6-18-12(16-8-17-18)3-11(13)10-4-14-7-15-5-10/h4-5,7-9,11H,3,6,13H2,1-2H3. The monoisotopic (exact) mass is 246 g/mol. The zero-order valence-electron chi connectivity index (χ0n) is 10.7. The lowest BCUT2D eigenvalue weighted by Gasteiger charge is -2.12. The predicted molar refractivity (Wildman–Crippen MR) is 67.5 cm³/mol. The molecule has 18 heavy (non-hydrogen) atoms. The molecule has 0 aliphatic heterocycles. The number of rotatable bonds is 5. The van der Waals surface area contributed by atoms with Crippen molar-refractivity contribution in [3.05, 3.63) is 36.4 Å². The van der Waals surface area contributed by atoms with E-state index in [1.807, 2.05) is 4.68 Å². The average molecular weight is 246 g/mol. The first-order valence-corrected chi connectivity index (χ1v) is 6.04. The summed E-state index contributed by atoms with van der Waals surface area (Å²) < 4.78 is 1.91. The van der Waals surface area contributed by atoms with E-state index in [0.717, 1.165) is 17.9 Å². The molecule has 0 saturated heterocycles. The molecule has 0 saturated carbocycles. The van der Waals surface area contributed by atoms with Crippen molar-refractivity contribution in [3.8, 4) is 0 Å². The van der Waals surface area contributed by atoms with Gasteiger partial charge in [0.05, 0.1) is 0 Å². The van der Waals surface area contributed by atoms with Gasteiger partial charge in [0.25, 0.3) is 0 Å². The fourth-order valence-corrected chi connectivity index (χ4v) is 1.76. The average Bonchev–Trinajstić information content (AvgIpc) is 2.77. The third-order valence-electron chi connectivity index (χ3n) is 2.64. The molecular weight excluding hydrogens is 228 g/mol. The first-order valence-electron chi connectivity index (χ1n) is 6.04. The van der Waals surface area contributed by atoms with Crippen LogP contribution in [0.25, 0.3) is 0 Å². The Hall–Kier alpha value is -1.82. The van der Waals surface area contributed by atoms with Gasteiger partial charge >= 0.3 is 0 Å². The van der Waals surface area contributed by atoms with E-state index in [-0.39, 0.29) is 6.04 Å². The molecule has 0 amide bonds. The maximum atomic E-state index is 6.12. The molecule has 0 aromatic carbocycles. The van der Waals surface area contributed by atoms with Crippen molar-refractivity contribution in [2.45, 2.75) is 32.9 Å². The van der Waals surface area contributed by atoms with Crippen molar-refractivity contribution in [1.82, 2.24) is 24.7 Å². The Morgan fingerprint density at radius 3 is 2.61 bits per heavy atom. The van der Waals surface area contributed by atoms with Gasteiger partial charge in [0, 0.05) is 37.0 Å². The first kappa shape index (κ1) is 12.6. The van der Waals surface area contributed by atoms with Gasteiger partial charge in [-0.05, 0) is 5.92 Å². The van der Waals surface area contributed by atoms with Gasteiger partial charge in [0.15, 0.2) is 0 Å². The fraction of sp³-hybridized carbons (Fsp3) is 0.500. The van der Waals surface area contributed by atoms with E-state index < -0.39 is 0 Å². The van der Waals surface area contributed by atoms with Crippen LogP contribution in [-0.4, -0.2) is 24.7 Å². The summed E-state index contributed by atoms with van der Waals surface area (Å²) in [7, 11) is 0. The van der Waals surface area contributed by atoms with Crippen molar-refractivity contribution in [2.75, 3.05) is 0 Å². The lowest BCUT2D eigenvalue weighted by molar-refractivity contribution is 0.459. The second-order valence-corrected chi connectivity index (χ2v) is 4.73. The highest BCUT2D eigenvalue weighted by Gasteiger charge is 2.13. The summed E-state index contributed by atoms with van der Waals surface area (Å²) in [5.41, 5.74) is 7.04. The molecule has 0 fully saturated rings. The Bertz CT molecular complexity index is 478. The molecule has 2 aromatic rings. The molecule has 1 unspecified atom stereocenters. The lowest BCUT2D eigenvalue weighted by atomic mass is 10.1. The SMILES string of the molecule is CC(C)Cn1ncnc1CC(N)c1cncnc1. The molecule has 0 aliphatic carbocycles. The molecule has 1 atom stereocenters.